The SMILES string of the molecule is COC(=O)N1CCN(CCNC(=O)Cc2ccccc2)CC1. The van der Waals surface area contributed by atoms with Crippen LogP contribution in [0.25, 0.3) is 0 Å². The zero-order valence-electron chi connectivity index (χ0n) is 13.0. The van der Waals surface area contributed by atoms with Gasteiger partial charge in [0.15, 0.2) is 0 Å². The number of nitrogens with one attached hydrogen (secondary N) is 1. The Hall–Kier alpha value is -2.08. The van der Waals surface area contributed by atoms with Crippen LogP contribution in [0.15, 0.2) is 30.3 Å². The molecule has 22 heavy (non-hydrogen) atoms. The molecule has 2 rings (SSSR count). The van der Waals surface area contributed by atoms with E-state index in [-0.39, 0.29) is 12.0 Å². The molecule has 0 saturated carbocycles. The third-order valence-electron chi connectivity index (χ3n) is 3.76. The van der Waals surface area contributed by atoms with Crippen molar-refractivity contribution in [3.63, 3.8) is 0 Å². The van der Waals surface area contributed by atoms with Crippen molar-refractivity contribution in [3.8, 4) is 0 Å². The Balaban J connectivity index is 1.61. The molecule has 1 aromatic rings. The number of methoxy groups -OCH3 is 1. The zero-order valence-corrected chi connectivity index (χ0v) is 13.0. The highest BCUT2D eigenvalue weighted by molar-refractivity contribution is 5.78. The van der Waals surface area contributed by atoms with Gasteiger partial charge < -0.3 is 15.0 Å². The van der Waals surface area contributed by atoms with E-state index in [2.05, 4.69) is 10.2 Å². The average molecular weight is 305 g/mol. The molecule has 1 N–H and O–H groups in total. The monoisotopic (exact) mass is 305 g/mol. The number of hydrogen-bond acceptors (Lipinski definition) is 4. The lowest BCUT2D eigenvalue weighted by atomic mass is 10.1. The fourth-order valence-corrected chi connectivity index (χ4v) is 2.48. The lowest BCUT2D eigenvalue weighted by Gasteiger charge is -2.33. The number of amides is 2. The fourth-order valence-electron chi connectivity index (χ4n) is 2.48. The summed E-state index contributed by atoms with van der Waals surface area (Å²) in [5.41, 5.74) is 1.02. The molecule has 1 aliphatic rings. The molecule has 1 aliphatic heterocycles. The second kappa shape index (κ2) is 8.38. The van der Waals surface area contributed by atoms with Gasteiger partial charge in [0.05, 0.1) is 13.5 Å². The highest BCUT2D eigenvalue weighted by Gasteiger charge is 2.20. The lowest BCUT2D eigenvalue weighted by Crippen LogP contribution is -2.50. The van der Waals surface area contributed by atoms with Gasteiger partial charge in [0.2, 0.25) is 5.91 Å². The van der Waals surface area contributed by atoms with Gasteiger partial charge in [-0.05, 0) is 5.56 Å². The van der Waals surface area contributed by atoms with Gasteiger partial charge in [-0.15, -0.1) is 0 Å². The normalized spacial score (nSPS) is 15.4. The molecule has 120 valence electrons. The summed E-state index contributed by atoms with van der Waals surface area (Å²) in [6.45, 7) is 4.39. The Morgan fingerprint density at radius 1 is 1.14 bits per heavy atom. The van der Waals surface area contributed by atoms with E-state index in [1.807, 2.05) is 30.3 Å². The first-order valence-corrected chi connectivity index (χ1v) is 7.55. The molecule has 0 aromatic heterocycles. The van der Waals surface area contributed by atoms with E-state index < -0.39 is 0 Å². The zero-order chi connectivity index (χ0) is 15.8. The molecule has 0 aliphatic carbocycles. The molecule has 1 heterocycles. The molecule has 0 bridgehead atoms. The van der Waals surface area contributed by atoms with E-state index in [0.29, 0.717) is 26.1 Å². The van der Waals surface area contributed by atoms with Crippen molar-refractivity contribution >= 4 is 12.0 Å². The standard InChI is InChI=1S/C16H23N3O3/c1-22-16(21)19-11-9-18(10-12-19)8-7-17-15(20)13-14-5-3-2-4-6-14/h2-6H,7-13H2,1H3,(H,17,20). The summed E-state index contributed by atoms with van der Waals surface area (Å²) < 4.78 is 4.71. The van der Waals surface area contributed by atoms with Crippen LogP contribution in [0.5, 0.6) is 0 Å². The molecule has 1 aromatic carbocycles. The Morgan fingerprint density at radius 3 is 2.45 bits per heavy atom. The number of benzene rings is 1. The van der Waals surface area contributed by atoms with Crippen molar-refractivity contribution in [2.24, 2.45) is 0 Å². The maximum Gasteiger partial charge on any atom is 0.409 e. The van der Waals surface area contributed by atoms with Crippen LogP contribution in [0.4, 0.5) is 4.79 Å². The summed E-state index contributed by atoms with van der Waals surface area (Å²) in [6, 6.07) is 9.71. The third kappa shape index (κ3) is 5.04. The van der Waals surface area contributed by atoms with E-state index in [0.717, 1.165) is 25.2 Å². The second-order valence-corrected chi connectivity index (χ2v) is 5.31. The molecule has 2 amide bonds. The van der Waals surface area contributed by atoms with E-state index in [1.54, 1.807) is 4.90 Å². The lowest BCUT2D eigenvalue weighted by molar-refractivity contribution is -0.120. The topological polar surface area (TPSA) is 61.9 Å². The highest BCUT2D eigenvalue weighted by Crippen LogP contribution is 2.03. The summed E-state index contributed by atoms with van der Waals surface area (Å²) >= 11 is 0. The fraction of sp³-hybridized carbons (Fsp3) is 0.500. The van der Waals surface area contributed by atoms with E-state index >= 15 is 0 Å². The summed E-state index contributed by atoms with van der Waals surface area (Å²) in [7, 11) is 1.40. The molecule has 6 nitrogen and oxygen atoms in total. The first kappa shape index (κ1) is 16.3. The maximum absolute atomic E-state index is 11.8. The average Bonchev–Trinajstić information content (AvgIpc) is 2.55. The van der Waals surface area contributed by atoms with Gasteiger partial charge in [-0.25, -0.2) is 4.79 Å². The van der Waals surface area contributed by atoms with Crippen LogP contribution in [0.3, 0.4) is 0 Å². The van der Waals surface area contributed by atoms with Crippen LogP contribution < -0.4 is 5.32 Å². The van der Waals surface area contributed by atoms with E-state index in [9.17, 15) is 9.59 Å². The highest BCUT2D eigenvalue weighted by atomic mass is 16.5. The van der Waals surface area contributed by atoms with Gasteiger partial charge in [0, 0.05) is 39.3 Å². The van der Waals surface area contributed by atoms with Crippen molar-refractivity contribution in [3.05, 3.63) is 35.9 Å². The van der Waals surface area contributed by atoms with Crippen LogP contribution >= 0.6 is 0 Å². The third-order valence-corrected chi connectivity index (χ3v) is 3.76. The molecular formula is C16H23N3O3. The number of nitrogens with zero attached hydrogens (tertiary/aromatic N) is 2. The number of carbonyl (C=O) groups excluding carboxylic acids is 2. The summed E-state index contributed by atoms with van der Waals surface area (Å²) in [5, 5.41) is 2.94. The number of carbonyl (C=O) groups is 2. The summed E-state index contributed by atoms with van der Waals surface area (Å²) in [6.07, 6.45) is 0.146. The quantitative estimate of drug-likeness (QED) is 0.871. The van der Waals surface area contributed by atoms with Gasteiger partial charge in [0.1, 0.15) is 0 Å². The minimum absolute atomic E-state index is 0.0411. The maximum atomic E-state index is 11.8. The summed E-state index contributed by atoms with van der Waals surface area (Å²) in [4.78, 5) is 27.2. The van der Waals surface area contributed by atoms with E-state index in [1.165, 1.54) is 7.11 Å². The van der Waals surface area contributed by atoms with Crippen LogP contribution in [-0.2, 0) is 16.0 Å². The number of hydrogen-bond donors (Lipinski definition) is 1. The Bertz CT molecular complexity index is 485. The largest absolute Gasteiger partial charge is 0.453 e. The van der Waals surface area contributed by atoms with Gasteiger partial charge in [0.25, 0.3) is 0 Å². The molecule has 0 unspecified atom stereocenters. The van der Waals surface area contributed by atoms with Crippen molar-refractivity contribution in [2.45, 2.75) is 6.42 Å². The van der Waals surface area contributed by atoms with Gasteiger partial charge in [-0.3, -0.25) is 9.69 Å². The second-order valence-electron chi connectivity index (χ2n) is 5.31. The van der Waals surface area contributed by atoms with Crippen molar-refractivity contribution in [1.29, 1.82) is 0 Å². The predicted octanol–water partition coefficient (Wildman–Crippen LogP) is 0.729. The number of ether oxygens (including phenoxy) is 1. The molecular weight excluding hydrogens is 282 g/mol. The molecule has 0 radical (unpaired) electrons. The predicted molar refractivity (Wildman–Crippen MR) is 83.6 cm³/mol. The van der Waals surface area contributed by atoms with Crippen LogP contribution in [0.1, 0.15) is 5.56 Å². The van der Waals surface area contributed by atoms with Crippen molar-refractivity contribution in [2.75, 3.05) is 46.4 Å². The molecule has 0 atom stereocenters. The summed E-state index contributed by atoms with van der Waals surface area (Å²) in [5.74, 6) is 0.0411. The van der Waals surface area contributed by atoms with Crippen molar-refractivity contribution < 1.29 is 14.3 Å². The number of piperazine rings is 1. The Labute approximate surface area is 131 Å². The van der Waals surface area contributed by atoms with Gasteiger partial charge in [-0.1, -0.05) is 30.3 Å². The minimum atomic E-state index is -0.268. The Morgan fingerprint density at radius 2 is 1.82 bits per heavy atom. The van der Waals surface area contributed by atoms with Gasteiger partial charge in [-0.2, -0.15) is 0 Å². The van der Waals surface area contributed by atoms with E-state index in [4.69, 9.17) is 4.74 Å². The van der Waals surface area contributed by atoms with Crippen molar-refractivity contribution in [1.82, 2.24) is 15.1 Å². The first-order chi connectivity index (χ1) is 10.7. The van der Waals surface area contributed by atoms with Crippen LogP contribution in [0.2, 0.25) is 0 Å². The number of rotatable bonds is 5. The van der Waals surface area contributed by atoms with Crippen LogP contribution in [0, 0.1) is 0 Å². The molecule has 1 saturated heterocycles. The van der Waals surface area contributed by atoms with Gasteiger partial charge >= 0.3 is 6.09 Å². The Kier molecular flexibility index (Phi) is 6.21. The molecule has 1 fully saturated rings. The minimum Gasteiger partial charge on any atom is -0.453 e. The molecule has 0 spiro atoms. The molecule has 6 heteroatoms. The van der Waals surface area contributed by atoms with Crippen LogP contribution in [-0.4, -0.2) is 68.2 Å². The first-order valence-electron chi connectivity index (χ1n) is 7.55. The smallest absolute Gasteiger partial charge is 0.409 e.